The SMILES string of the molecule is O=C(O)c1cccc(NC(CO)CCCCO)c1[N+](=O)[O-]. The second-order valence-electron chi connectivity index (χ2n) is 4.51. The number of anilines is 1. The van der Waals surface area contributed by atoms with Crippen LogP contribution in [0.3, 0.4) is 0 Å². The summed E-state index contributed by atoms with van der Waals surface area (Å²) in [6.45, 7) is -0.216. The van der Waals surface area contributed by atoms with Crippen LogP contribution in [0, 0.1) is 10.1 Å². The van der Waals surface area contributed by atoms with Crippen molar-refractivity contribution in [3.63, 3.8) is 0 Å². The van der Waals surface area contributed by atoms with Gasteiger partial charge in [0.05, 0.1) is 11.5 Å². The molecule has 1 rings (SSSR count). The number of para-hydroxylation sites is 1. The first kappa shape index (κ1) is 16.9. The van der Waals surface area contributed by atoms with E-state index in [0.29, 0.717) is 19.3 Å². The van der Waals surface area contributed by atoms with Crippen molar-refractivity contribution in [3.8, 4) is 0 Å². The molecule has 8 heteroatoms. The maximum atomic E-state index is 11.1. The molecule has 8 nitrogen and oxygen atoms in total. The van der Waals surface area contributed by atoms with Gasteiger partial charge < -0.3 is 20.6 Å². The number of hydrogen-bond donors (Lipinski definition) is 4. The standard InChI is InChI=1S/C13H18N2O6/c16-7-2-1-4-9(8-17)14-11-6-3-5-10(13(18)19)12(11)15(20)21/h3,5-6,9,14,16-17H,1-2,4,7-8H2,(H,18,19). The van der Waals surface area contributed by atoms with Crippen molar-refractivity contribution < 1.29 is 25.0 Å². The van der Waals surface area contributed by atoms with Crippen molar-refractivity contribution in [2.24, 2.45) is 0 Å². The van der Waals surface area contributed by atoms with Crippen molar-refractivity contribution in [1.82, 2.24) is 0 Å². The van der Waals surface area contributed by atoms with Gasteiger partial charge in [-0.2, -0.15) is 0 Å². The molecule has 0 spiro atoms. The van der Waals surface area contributed by atoms with Gasteiger partial charge in [-0.1, -0.05) is 6.07 Å². The summed E-state index contributed by atoms with van der Waals surface area (Å²) in [5.74, 6) is -1.38. The minimum absolute atomic E-state index is 0.0345. The minimum atomic E-state index is -1.38. The van der Waals surface area contributed by atoms with E-state index in [9.17, 15) is 20.0 Å². The van der Waals surface area contributed by atoms with Crippen LogP contribution in [0.15, 0.2) is 18.2 Å². The summed E-state index contributed by atoms with van der Waals surface area (Å²) < 4.78 is 0. The molecule has 1 aromatic carbocycles. The zero-order valence-corrected chi connectivity index (χ0v) is 11.4. The van der Waals surface area contributed by atoms with Gasteiger partial charge in [0.25, 0.3) is 0 Å². The van der Waals surface area contributed by atoms with Gasteiger partial charge in [-0.15, -0.1) is 0 Å². The number of nitrogens with zero attached hydrogens (tertiary/aromatic N) is 1. The highest BCUT2D eigenvalue weighted by molar-refractivity contribution is 5.95. The Bertz CT molecular complexity index is 505. The topological polar surface area (TPSA) is 133 Å². The van der Waals surface area contributed by atoms with E-state index < -0.39 is 28.2 Å². The second-order valence-corrected chi connectivity index (χ2v) is 4.51. The predicted molar refractivity (Wildman–Crippen MR) is 75.5 cm³/mol. The summed E-state index contributed by atoms with van der Waals surface area (Å²) in [4.78, 5) is 21.4. The Morgan fingerprint density at radius 2 is 2.05 bits per heavy atom. The normalized spacial score (nSPS) is 11.9. The zero-order valence-electron chi connectivity index (χ0n) is 11.4. The molecule has 0 bridgehead atoms. The largest absolute Gasteiger partial charge is 0.477 e. The summed E-state index contributed by atoms with van der Waals surface area (Å²) in [5, 5.41) is 40.9. The second kappa shape index (κ2) is 8.18. The van der Waals surface area contributed by atoms with E-state index in [0.717, 1.165) is 6.07 Å². The Morgan fingerprint density at radius 1 is 1.33 bits per heavy atom. The maximum Gasteiger partial charge on any atom is 0.342 e. The van der Waals surface area contributed by atoms with E-state index >= 15 is 0 Å². The number of aromatic carboxylic acids is 1. The molecule has 0 radical (unpaired) electrons. The summed E-state index contributed by atoms with van der Waals surface area (Å²) >= 11 is 0. The summed E-state index contributed by atoms with van der Waals surface area (Å²) in [5.41, 5.74) is -0.870. The van der Waals surface area contributed by atoms with E-state index in [1.54, 1.807) is 0 Å². The number of unbranched alkanes of at least 4 members (excludes halogenated alkanes) is 1. The van der Waals surface area contributed by atoms with Crippen LogP contribution in [-0.2, 0) is 0 Å². The molecule has 0 heterocycles. The first-order valence-corrected chi connectivity index (χ1v) is 6.50. The highest BCUT2D eigenvalue weighted by Gasteiger charge is 2.25. The van der Waals surface area contributed by atoms with E-state index in [1.165, 1.54) is 12.1 Å². The fourth-order valence-electron chi connectivity index (χ4n) is 1.96. The van der Waals surface area contributed by atoms with Gasteiger partial charge in [0.2, 0.25) is 0 Å². The van der Waals surface area contributed by atoms with Crippen LogP contribution >= 0.6 is 0 Å². The lowest BCUT2D eigenvalue weighted by Crippen LogP contribution is -2.24. The first-order chi connectivity index (χ1) is 10.0. The number of nitrogens with one attached hydrogen (secondary N) is 1. The zero-order chi connectivity index (χ0) is 15.8. The Hall–Kier alpha value is -2.19. The quantitative estimate of drug-likeness (QED) is 0.306. The third-order valence-corrected chi connectivity index (χ3v) is 2.99. The molecule has 0 amide bonds. The van der Waals surface area contributed by atoms with Crippen molar-refractivity contribution in [2.75, 3.05) is 18.5 Å². The molecule has 1 atom stereocenters. The number of aliphatic hydroxyl groups is 2. The molecule has 0 aromatic heterocycles. The van der Waals surface area contributed by atoms with Crippen molar-refractivity contribution in [2.45, 2.75) is 25.3 Å². The number of aliphatic hydroxyl groups excluding tert-OH is 2. The van der Waals surface area contributed by atoms with Crippen LogP contribution in [0.4, 0.5) is 11.4 Å². The smallest absolute Gasteiger partial charge is 0.342 e. The number of hydrogen-bond acceptors (Lipinski definition) is 6. The molecule has 21 heavy (non-hydrogen) atoms. The number of carboxylic acid groups (broad SMARTS) is 1. The van der Waals surface area contributed by atoms with Gasteiger partial charge in [0.15, 0.2) is 0 Å². The lowest BCUT2D eigenvalue weighted by atomic mass is 10.1. The molecule has 0 fully saturated rings. The third-order valence-electron chi connectivity index (χ3n) is 2.99. The minimum Gasteiger partial charge on any atom is -0.477 e. The third kappa shape index (κ3) is 4.69. The summed E-state index contributed by atoms with van der Waals surface area (Å²) in [7, 11) is 0. The number of nitro benzene ring substituents is 1. The number of nitro groups is 1. The van der Waals surface area contributed by atoms with E-state index in [-0.39, 0.29) is 18.9 Å². The highest BCUT2D eigenvalue weighted by Crippen LogP contribution is 2.29. The lowest BCUT2D eigenvalue weighted by Gasteiger charge is -2.17. The highest BCUT2D eigenvalue weighted by atomic mass is 16.6. The Balaban J connectivity index is 2.98. The Labute approximate surface area is 121 Å². The van der Waals surface area contributed by atoms with Crippen LogP contribution < -0.4 is 5.32 Å². The molecule has 4 N–H and O–H groups in total. The summed E-state index contributed by atoms with van der Waals surface area (Å²) in [6.07, 6.45) is 1.71. The molecule has 0 saturated carbocycles. The van der Waals surface area contributed by atoms with Gasteiger partial charge in [-0.25, -0.2) is 4.79 Å². The van der Waals surface area contributed by atoms with Gasteiger partial charge >= 0.3 is 11.7 Å². The Kier molecular flexibility index (Phi) is 6.57. The van der Waals surface area contributed by atoms with Crippen LogP contribution in [0.2, 0.25) is 0 Å². The van der Waals surface area contributed by atoms with Crippen LogP contribution in [0.5, 0.6) is 0 Å². The van der Waals surface area contributed by atoms with Gasteiger partial charge in [0.1, 0.15) is 11.3 Å². The number of carboxylic acids is 1. The summed E-state index contributed by atoms with van der Waals surface area (Å²) in [6, 6.07) is 3.52. The van der Waals surface area contributed by atoms with Crippen LogP contribution in [-0.4, -0.2) is 45.5 Å². The van der Waals surface area contributed by atoms with Gasteiger partial charge in [-0.3, -0.25) is 10.1 Å². The predicted octanol–water partition coefficient (Wildman–Crippen LogP) is 1.23. The molecular weight excluding hydrogens is 280 g/mol. The van der Waals surface area contributed by atoms with E-state index in [2.05, 4.69) is 5.32 Å². The van der Waals surface area contributed by atoms with Crippen molar-refractivity contribution >= 4 is 17.3 Å². The van der Waals surface area contributed by atoms with Crippen molar-refractivity contribution in [3.05, 3.63) is 33.9 Å². The molecule has 0 aliphatic heterocycles. The number of rotatable bonds is 9. The molecule has 116 valence electrons. The average molecular weight is 298 g/mol. The van der Waals surface area contributed by atoms with E-state index in [1.807, 2.05) is 0 Å². The monoisotopic (exact) mass is 298 g/mol. The number of carbonyl (C=O) groups is 1. The van der Waals surface area contributed by atoms with E-state index in [4.69, 9.17) is 10.2 Å². The molecule has 0 aliphatic carbocycles. The molecule has 1 unspecified atom stereocenters. The van der Waals surface area contributed by atoms with Gasteiger partial charge in [-0.05, 0) is 31.4 Å². The maximum absolute atomic E-state index is 11.1. The fourth-order valence-corrected chi connectivity index (χ4v) is 1.96. The molecule has 0 saturated heterocycles. The van der Waals surface area contributed by atoms with Crippen LogP contribution in [0.25, 0.3) is 0 Å². The fraction of sp³-hybridized carbons (Fsp3) is 0.462. The van der Waals surface area contributed by atoms with Crippen molar-refractivity contribution in [1.29, 1.82) is 0 Å². The first-order valence-electron chi connectivity index (χ1n) is 6.50. The number of benzene rings is 1. The van der Waals surface area contributed by atoms with Crippen LogP contribution in [0.1, 0.15) is 29.6 Å². The lowest BCUT2D eigenvalue weighted by molar-refractivity contribution is -0.384. The van der Waals surface area contributed by atoms with Gasteiger partial charge in [0, 0.05) is 12.6 Å². The molecular formula is C13H18N2O6. The molecule has 0 aliphatic rings. The Morgan fingerprint density at radius 3 is 2.57 bits per heavy atom. The average Bonchev–Trinajstić information content (AvgIpc) is 2.45. The molecule has 1 aromatic rings.